The van der Waals surface area contributed by atoms with Crippen molar-refractivity contribution in [3.8, 4) is 5.75 Å². The SMILES string of the molecule is CCOC(=O)c1cc(CC)c2cc(Cc3ccc(F)cc3)cnc2c1O. The normalized spacial score (nSPS) is 10.9. The first-order valence-electron chi connectivity index (χ1n) is 8.58. The highest BCUT2D eigenvalue weighted by atomic mass is 19.1. The second-order valence-corrected chi connectivity index (χ2v) is 6.05. The highest BCUT2D eigenvalue weighted by Crippen LogP contribution is 2.32. The van der Waals surface area contributed by atoms with Gasteiger partial charge in [-0.25, -0.2) is 9.18 Å². The topological polar surface area (TPSA) is 59.4 Å². The number of carbonyl (C=O) groups is 1. The van der Waals surface area contributed by atoms with E-state index in [2.05, 4.69) is 4.98 Å². The standard InChI is InChI=1S/C21H20FNO3/c1-3-15-11-18(21(25)26-4-2)20(24)19-17(15)10-14(12-23-19)9-13-5-7-16(22)8-6-13/h5-8,10-12,24H,3-4,9H2,1-2H3. The van der Waals surface area contributed by atoms with E-state index < -0.39 is 5.97 Å². The van der Waals surface area contributed by atoms with E-state index in [1.807, 2.05) is 13.0 Å². The van der Waals surface area contributed by atoms with Crippen molar-refractivity contribution < 1.29 is 19.0 Å². The van der Waals surface area contributed by atoms with Crippen LogP contribution in [0.5, 0.6) is 5.75 Å². The predicted octanol–water partition coefficient (Wildman–Crippen LogP) is 4.41. The molecule has 1 aromatic heterocycles. The van der Waals surface area contributed by atoms with Gasteiger partial charge < -0.3 is 9.84 Å². The zero-order valence-electron chi connectivity index (χ0n) is 14.8. The Morgan fingerprint density at radius 3 is 2.54 bits per heavy atom. The Morgan fingerprint density at radius 2 is 1.88 bits per heavy atom. The Bertz CT molecular complexity index is 952. The number of aryl methyl sites for hydroxylation is 1. The number of pyridine rings is 1. The Kier molecular flexibility index (Phi) is 5.16. The molecule has 3 rings (SSSR count). The molecule has 0 spiro atoms. The quantitative estimate of drug-likeness (QED) is 0.690. The van der Waals surface area contributed by atoms with Crippen molar-refractivity contribution in [2.45, 2.75) is 26.7 Å². The van der Waals surface area contributed by atoms with E-state index in [-0.39, 0.29) is 23.7 Å². The van der Waals surface area contributed by atoms with Crippen LogP contribution in [0.1, 0.15) is 40.9 Å². The van der Waals surface area contributed by atoms with Crippen LogP contribution < -0.4 is 0 Å². The van der Waals surface area contributed by atoms with Gasteiger partial charge in [-0.15, -0.1) is 0 Å². The first-order valence-corrected chi connectivity index (χ1v) is 8.58. The molecule has 0 saturated carbocycles. The first kappa shape index (κ1) is 17.9. The molecule has 0 fully saturated rings. The predicted molar refractivity (Wildman–Crippen MR) is 97.9 cm³/mol. The number of fused-ring (bicyclic) bond motifs is 1. The lowest BCUT2D eigenvalue weighted by Gasteiger charge is -2.12. The summed E-state index contributed by atoms with van der Waals surface area (Å²) in [5.74, 6) is -0.988. The molecule has 0 saturated heterocycles. The van der Waals surface area contributed by atoms with Crippen LogP contribution in [-0.4, -0.2) is 22.7 Å². The smallest absolute Gasteiger partial charge is 0.341 e. The summed E-state index contributed by atoms with van der Waals surface area (Å²) in [6, 6.07) is 9.96. The van der Waals surface area contributed by atoms with E-state index in [9.17, 15) is 14.3 Å². The summed E-state index contributed by atoms with van der Waals surface area (Å²) in [5, 5.41) is 11.3. The average Bonchev–Trinajstić information content (AvgIpc) is 2.64. The van der Waals surface area contributed by atoms with Gasteiger partial charge >= 0.3 is 5.97 Å². The van der Waals surface area contributed by atoms with Gasteiger partial charge in [0.2, 0.25) is 0 Å². The molecule has 1 heterocycles. The van der Waals surface area contributed by atoms with Gasteiger partial charge in [-0.05, 0) is 60.7 Å². The van der Waals surface area contributed by atoms with E-state index in [4.69, 9.17) is 4.74 Å². The summed E-state index contributed by atoms with van der Waals surface area (Å²) in [6.07, 6.45) is 2.96. The van der Waals surface area contributed by atoms with Gasteiger partial charge in [0.1, 0.15) is 16.9 Å². The van der Waals surface area contributed by atoms with Crippen LogP contribution in [0.3, 0.4) is 0 Å². The number of ether oxygens (including phenoxy) is 1. The number of hydrogen-bond acceptors (Lipinski definition) is 4. The second-order valence-electron chi connectivity index (χ2n) is 6.05. The summed E-state index contributed by atoms with van der Waals surface area (Å²) in [7, 11) is 0. The van der Waals surface area contributed by atoms with Crippen LogP contribution in [-0.2, 0) is 17.6 Å². The monoisotopic (exact) mass is 353 g/mol. The number of hydrogen-bond donors (Lipinski definition) is 1. The van der Waals surface area contributed by atoms with Crippen molar-refractivity contribution in [2.75, 3.05) is 6.61 Å². The third-order valence-electron chi connectivity index (χ3n) is 4.29. The average molecular weight is 353 g/mol. The molecule has 0 aliphatic rings. The largest absolute Gasteiger partial charge is 0.505 e. The lowest BCUT2D eigenvalue weighted by atomic mass is 9.98. The van der Waals surface area contributed by atoms with Crippen LogP contribution in [0.25, 0.3) is 10.9 Å². The number of esters is 1. The molecule has 3 aromatic rings. The van der Waals surface area contributed by atoms with Crippen molar-refractivity contribution in [3.05, 3.63) is 70.7 Å². The molecule has 0 radical (unpaired) electrons. The van der Waals surface area contributed by atoms with Crippen LogP contribution in [0.4, 0.5) is 4.39 Å². The lowest BCUT2D eigenvalue weighted by molar-refractivity contribution is 0.0523. The number of benzene rings is 2. The fraction of sp³-hybridized carbons (Fsp3) is 0.238. The van der Waals surface area contributed by atoms with Gasteiger partial charge in [-0.1, -0.05) is 19.1 Å². The first-order chi connectivity index (χ1) is 12.5. The third kappa shape index (κ3) is 3.52. The molecular formula is C21H20FNO3. The summed E-state index contributed by atoms with van der Waals surface area (Å²) >= 11 is 0. The van der Waals surface area contributed by atoms with Gasteiger partial charge in [-0.3, -0.25) is 4.98 Å². The Labute approximate surface area is 151 Å². The number of phenols is 1. The molecule has 0 bridgehead atoms. The van der Waals surface area contributed by atoms with Gasteiger partial charge in [0.15, 0.2) is 5.75 Å². The summed E-state index contributed by atoms with van der Waals surface area (Å²) in [5.41, 5.74) is 3.35. The molecule has 0 aliphatic heterocycles. The van der Waals surface area contributed by atoms with Gasteiger partial charge in [0, 0.05) is 11.6 Å². The number of aromatic hydroxyl groups is 1. The van der Waals surface area contributed by atoms with Crippen molar-refractivity contribution >= 4 is 16.9 Å². The Hall–Kier alpha value is -2.95. The minimum atomic E-state index is -0.557. The Morgan fingerprint density at radius 1 is 1.15 bits per heavy atom. The minimum absolute atomic E-state index is 0.134. The molecule has 4 nitrogen and oxygen atoms in total. The summed E-state index contributed by atoms with van der Waals surface area (Å²) in [6.45, 7) is 3.94. The van der Waals surface area contributed by atoms with Crippen LogP contribution in [0.15, 0.2) is 42.6 Å². The number of nitrogens with zero attached hydrogens (tertiary/aromatic N) is 1. The Balaban J connectivity index is 2.04. The number of carbonyl (C=O) groups excluding carboxylic acids is 1. The fourth-order valence-electron chi connectivity index (χ4n) is 2.98. The zero-order valence-corrected chi connectivity index (χ0v) is 14.8. The van der Waals surface area contributed by atoms with Gasteiger partial charge in [-0.2, -0.15) is 0 Å². The molecule has 0 unspecified atom stereocenters. The number of phenolic OH excluding ortho intramolecular Hbond substituents is 1. The second kappa shape index (κ2) is 7.52. The van der Waals surface area contributed by atoms with E-state index in [0.29, 0.717) is 18.4 Å². The van der Waals surface area contributed by atoms with Crippen LogP contribution in [0.2, 0.25) is 0 Å². The highest BCUT2D eigenvalue weighted by Gasteiger charge is 2.19. The molecule has 0 aliphatic carbocycles. The maximum Gasteiger partial charge on any atom is 0.341 e. The lowest BCUT2D eigenvalue weighted by Crippen LogP contribution is -2.06. The van der Waals surface area contributed by atoms with E-state index in [0.717, 1.165) is 22.1 Å². The van der Waals surface area contributed by atoms with Gasteiger partial charge in [0.25, 0.3) is 0 Å². The third-order valence-corrected chi connectivity index (χ3v) is 4.29. The summed E-state index contributed by atoms with van der Waals surface area (Å²) in [4.78, 5) is 16.4. The van der Waals surface area contributed by atoms with Crippen LogP contribution >= 0.6 is 0 Å². The maximum absolute atomic E-state index is 13.1. The molecule has 0 amide bonds. The van der Waals surface area contributed by atoms with E-state index in [1.165, 1.54) is 12.1 Å². The highest BCUT2D eigenvalue weighted by molar-refractivity contribution is 6.01. The number of rotatable bonds is 5. The van der Waals surface area contributed by atoms with Crippen molar-refractivity contribution in [1.29, 1.82) is 0 Å². The molecular weight excluding hydrogens is 333 g/mol. The molecule has 134 valence electrons. The van der Waals surface area contributed by atoms with E-state index >= 15 is 0 Å². The molecule has 0 atom stereocenters. The number of aromatic nitrogens is 1. The van der Waals surface area contributed by atoms with E-state index in [1.54, 1.807) is 31.3 Å². The fourth-order valence-corrected chi connectivity index (χ4v) is 2.98. The molecule has 26 heavy (non-hydrogen) atoms. The van der Waals surface area contributed by atoms with Gasteiger partial charge in [0.05, 0.1) is 6.61 Å². The number of halogens is 1. The molecule has 5 heteroatoms. The van der Waals surface area contributed by atoms with Crippen molar-refractivity contribution in [1.82, 2.24) is 4.98 Å². The van der Waals surface area contributed by atoms with Crippen LogP contribution in [0, 0.1) is 5.82 Å². The van der Waals surface area contributed by atoms with Crippen molar-refractivity contribution in [3.63, 3.8) is 0 Å². The minimum Gasteiger partial charge on any atom is -0.505 e. The summed E-state index contributed by atoms with van der Waals surface area (Å²) < 4.78 is 18.1. The van der Waals surface area contributed by atoms with Crippen molar-refractivity contribution in [2.24, 2.45) is 0 Å². The molecule has 2 aromatic carbocycles. The molecule has 1 N–H and O–H groups in total. The maximum atomic E-state index is 13.1. The zero-order chi connectivity index (χ0) is 18.7.